The molecule has 0 bridgehead atoms. The summed E-state index contributed by atoms with van der Waals surface area (Å²) in [5.41, 5.74) is 0. The van der Waals surface area contributed by atoms with Crippen LogP contribution in [0, 0.1) is 117 Å². The van der Waals surface area contributed by atoms with Gasteiger partial charge in [0.05, 0.1) is 0 Å². The minimum absolute atomic E-state index is 0. The first-order valence-corrected chi connectivity index (χ1v) is 1.49. The quantitative estimate of drug-likeness (QED) is 0.519. The van der Waals surface area contributed by atoms with Crippen LogP contribution in [-0.2, 0) is 0.938 Å². The molecular weight excluding hydrogens is 435 g/mol. The fraction of sp³-hybridized carbons (Fsp3) is 0. The van der Waals surface area contributed by atoms with Gasteiger partial charge in [0.25, 0.3) is 0 Å². The Morgan fingerprint density at radius 3 is 1.25 bits per heavy atom. The monoisotopic (exact) mass is 435 g/mol. The van der Waals surface area contributed by atoms with E-state index >= 15 is 0 Å². The van der Waals surface area contributed by atoms with Crippen molar-refractivity contribution in [1.29, 1.82) is 0 Å². The first-order chi connectivity index (χ1) is 1.00. The Morgan fingerprint density at radius 1 is 1.25 bits per heavy atom. The van der Waals surface area contributed by atoms with Gasteiger partial charge in [-0.15, -0.1) is 0 Å². The standard InChI is InChI=1S/2Ce.La.O. The summed E-state index contributed by atoms with van der Waals surface area (Å²) in [6, 6.07) is 0. The Balaban J connectivity index is -0.00000000500. The van der Waals surface area contributed by atoms with Gasteiger partial charge in [0.1, 0.15) is 0 Å². The van der Waals surface area contributed by atoms with Crippen LogP contribution in [0.15, 0.2) is 0 Å². The summed E-state index contributed by atoms with van der Waals surface area (Å²) in [5.74, 6) is 0. The first-order valence-electron chi connectivity index (χ1n) is 0.204. The van der Waals surface area contributed by atoms with Gasteiger partial charge >= 0.3 is 40.7 Å². The number of hydrogen-bond donors (Lipinski definition) is 0. The van der Waals surface area contributed by atoms with Crippen molar-refractivity contribution in [2.75, 3.05) is 0 Å². The molecule has 0 spiro atoms. The molecule has 0 amide bonds. The Hall–Kier alpha value is 3.75. The molecule has 0 saturated carbocycles. The molecule has 4 heteroatoms. The molecule has 0 saturated heterocycles. The van der Waals surface area contributed by atoms with Crippen LogP contribution in [0.4, 0.5) is 0 Å². The molecule has 0 fully saturated rings. The van der Waals surface area contributed by atoms with Crippen LogP contribution >= 0.6 is 0 Å². The maximum absolute atomic E-state index is 8.39. The zero-order chi connectivity index (χ0) is 2.00. The third-order valence-electron chi connectivity index (χ3n) is 0. The SMILES string of the molecule is [Ce].[La].[O]=[Ce]. The van der Waals surface area contributed by atoms with E-state index in [0.29, 0.717) is 0 Å². The molecule has 1 radical (unpaired) electrons. The normalized spacial score (nSPS) is 0.750. The molecule has 4 heavy (non-hydrogen) atoms. The van der Waals surface area contributed by atoms with E-state index in [0.717, 1.165) is 0 Å². The van der Waals surface area contributed by atoms with E-state index in [1.807, 2.05) is 0 Å². The van der Waals surface area contributed by atoms with Crippen LogP contribution < -0.4 is 0 Å². The van der Waals surface area contributed by atoms with Crippen LogP contribution in [0.3, 0.4) is 0 Å². The molecule has 0 rings (SSSR count). The molecule has 0 aromatic rings. The van der Waals surface area contributed by atoms with Crippen molar-refractivity contribution in [3.8, 4) is 0 Å². The summed E-state index contributed by atoms with van der Waals surface area (Å²) in [5, 5.41) is 0. The molecule has 1 nitrogen and oxygen atoms in total. The third kappa shape index (κ3) is 9.22. The second-order valence-corrected chi connectivity index (χ2v) is 0. The van der Waals surface area contributed by atoms with E-state index in [4.69, 9.17) is 0.938 Å². The zero-order valence-electron chi connectivity index (χ0n) is 1.99. The summed E-state index contributed by atoms with van der Waals surface area (Å²) >= 11 is 0.0556. The summed E-state index contributed by atoms with van der Waals surface area (Å²) in [6.45, 7) is 0. The van der Waals surface area contributed by atoms with E-state index in [1.54, 1.807) is 0 Å². The summed E-state index contributed by atoms with van der Waals surface area (Å²) in [4.78, 5) is 0. The number of hydrogen-bond acceptors (Lipinski definition) is 1. The second kappa shape index (κ2) is 15.9. The molecule has 0 heterocycles. The van der Waals surface area contributed by atoms with Crippen LogP contribution in [0.1, 0.15) is 0 Å². The first kappa shape index (κ1) is 15.7. The summed E-state index contributed by atoms with van der Waals surface area (Å²) in [6.07, 6.45) is 0. The van der Waals surface area contributed by atoms with Crippen molar-refractivity contribution in [2.24, 2.45) is 0 Å². The van der Waals surface area contributed by atoms with Crippen LogP contribution in [0.5, 0.6) is 0 Å². The van der Waals surface area contributed by atoms with E-state index in [-0.39, 0.29) is 117 Å². The van der Waals surface area contributed by atoms with Gasteiger partial charge in [0.2, 0.25) is 0 Å². The van der Waals surface area contributed by atoms with Gasteiger partial charge in [0.15, 0.2) is 0 Å². The molecule has 0 atom stereocenters. The summed E-state index contributed by atoms with van der Waals surface area (Å²) < 4.78 is 8.39. The van der Waals surface area contributed by atoms with Gasteiger partial charge in [-0.1, -0.05) is 0 Å². The topological polar surface area (TPSA) is 17.1 Å². The second-order valence-electron chi connectivity index (χ2n) is 0. The van der Waals surface area contributed by atoms with Crippen molar-refractivity contribution in [2.45, 2.75) is 0 Å². The molecule has 0 aliphatic rings. The third-order valence-corrected chi connectivity index (χ3v) is 0. The van der Waals surface area contributed by atoms with Gasteiger partial charge in [-0.05, 0) is 0 Å². The zero-order valence-corrected chi connectivity index (χ0v) is 11.9. The predicted octanol–water partition coefficient (Wildman–Crippen LogP) is -0.119. The number of rotatable bonds is 0. The van der Waals surface area contributed by atoms with Gasteiger partial charge in [-0.25, -0.2) is 0 Å². The van der Waals surface area contributed by atoms with E-state index in [9.17, 15) is 0 Å². The van der Waals surface area contributed by atoms with E-state index < -0.39 is 0 Å². The average molecular weight is 435 g/mol. The molecule has 0 aliphatic carbocycles. The van der Waals surface area contributed by atoms with Gasteiger partial charge in [-0.2, -0.15) is 0 Å². The van der Waals surface area contributed by atoms with Crippen LogP contribution in [0.2, 0.25) is 0 Å². The Bertz CT molecular complexity index is 6.00. The van der Waals surface area contributed by atoms with Crippen molar-refractivity contribution < 1.29 is 118 Å². The summed E-state index contributed by atoms with van der Waals surface area (Å²) in [7, 11) is 0. The molecule has 0 aromatic carbocycles. The van der Waals surface area contributed by atoms with Crippen molar-refractivity contribution in [3.05, 3.63) is 0 Å². The Labute approximate surface area is 114 Å². The fourth-order valence-electron chi connectivity index (χ4n) is 0. The minimum atomic E-state index is 0. The fourth-order valence-corrected chi connectivity index (χ4v) is 0. The molecule has 0 aromatic heterocycles. The van der Waals surface area contributed by atoms with Crippen molar-refractivity contribution >= 4 is 0 Å². The van der Waals surface area contributed by atoms with Gasteiger partial charge in [-0.3, -0.25) is 0 Å². The molecule has 0 aliphatic heterocycles. The van der Waals surface area contributed by atoms with Gasteiger partial charge < -0.3 is 0 Å². The van der Waals surface area contributed by atoms with Gasteiger partial charge in [0, 0.05) is 77.3 Å². The predicted molar refractivity (Wildman–Crippen MR) is 0.686 cm³/mol. The molecule has 0 unspecified atom stereocenters. The molecule has 0 N–H and O–H groups in total. The Morgan fingerprint density at radius 2 is 1.25 bits per heavy atom. The molecular formula is Ce2LaO. The van der Waals surface area contributed by atoms with E-state index in [1.165, 1.54) is 0 Å². The van der Waals surface area contributed by atoms with E-state index in [2.05, 4.69) is 0 Å². The van der Waals surface area contributed by atoms with Crippen molar-refractivity contribution in [3.63, 3.8) is 0 Å². The maximum atomic E-state index is 8.39. The Kier molecular flexibility index (Phi) is 62.1. The van der Waals surface area contributed by atoms with Crippen LogP contribution in [0.25, 0.3) is 0 Å². The average Bonchev–Trinajstić information content (AvgIpc) is 1.00. The van der Waals surface area contributed by atoms with Crippen LogP contribution in [-0.4, -0.2) is 0 Å². The van der Waals surface area contributed by atoms with Crippen molar-refractivity contribution in [1.82, 2.24) is 0 Å². The molecule has 17 valence electrons.